The predicted molar refractivity (Wildman–Crippen MR) is 134 cm³/mol. The largest absolute Gasteiger partial charge is 0.478 e. The lowest BCUT2D eigenvalue weighted by atomic mass is 9.72. The molecule has 1 N–H and O–H groups in total. The van der Waals surface area contributed by atoms with Gasteiger partial charge in [0.05, 0.1) is 5.56 Å². The Morgan fingerprint density at radius 1 is 0.970 bits per heavy atom. The first-order chi connectivity index (χ1) is 15.8. The van der Waals surface area contributed by atoms with Gasteiger partial charge in [-0.25, -0.2) is 4.79 Å². The summed E-state index contributed by atoms with van der Waals surface area (Å²) in [6.07, 6.45) is 7.35. The number of carboxylic acid groups (broad SMARTS) is 1. The van der Waals surface area contributed by atoms with Crippen LogP contribution in [-0.2, 0) is 5.41 Å². The van der Waals surface area contributed by atoms with Crippen molar-refractivity contribution in [2.45, 2.75) is 32.6 Å². The summed E-state index contributed by atoms with van der Waals surface area (Å²) in [6.45, 7) is 6.38. The van der Waals surface area contributed by atoms with Crippen molar-refractivity contribution >= 4 is 34.7 Å². The van der Waals surface area contributed by atoms with Gasteiger partial charge in [0.1, 0.15) is 11.3 Å². The summed E-state index contributed by atoms with van der Waals surface area (Å²) < 4.78 is 6.21. The van der Waals surface area contributed by atoms with E-state index >= 15 is 0 Å². The van der Waals surface area contributed by atoms with Crippen LogP contribution >= 0.6 is 0 Å². The number of aryl methyl sites for hydroxylation is 1. The average molecular weight is 435 g/mol. The molecule has 0 spiro atoms. The number of allylic oxidation sites excluding steroid dienone is 1. The zero-order chi connectivity index (χ0) is 23.2. The van der Waals surface area contributed by atoms with Crippen LogP contribution in [0.2, 0.25) is 0 Å². The molecule has 0 aliphatic heterocycles. The minimum absolute atomic E-state index is 0.0524. The lowest BCUT2D eigenvalue weighted by molar-refractivity contribution is 0.0696. The number of fused-ring (bicyclic) bond motifs is 2. The van der Waals surface area contributed by atoms with E-state index in [4.69, 9.17) is 4.42 Å². The van der Waals surface area contributed by atoms with Gasteiger partial charge in [-0.05, 0) is 70.8 Å². The van der Waals surface area contributed by atoms with Crippen molar-refractivity contribution < 1.29 is 14.3 Å². The maximum atomic E-state index is 11.3. The first-order valence-corrected chi connectivity index (χ1v) is 11.2. The summed E-state index contributed by atoms with van der Waals surface area (Å²) in [5.74, 6) is -0.000742. The lowest BCUT2D eigenvalue weighted by Gasteiger charge is -2.31. The van der Waals surface area contributed by atoms with Crippen molar-refractivity contribution in [2.24, 2.45) is 0 Å². The standard InChI is InChI=1S/C30H26O3/c1-19-16-20(10-12-23(19)29(31)32)8-9-21-11-13-26-25(17-21)24(14-15-30(26,2)3)28-18-22-6-4-5-7-27(22)33-28/h4-14,16-18H,15H2,1-3H3,(H,31,32)/b9-8+. The van der Waals surface area contributed by atoms with Crippen molar-refractivity contribution in [3.05, 3.63) is 112 Å². The normalized spacial score (nSPS) is 14.9. The Morgan fingerprint density at radius 3 is 2.42 bits per heavy atom. The molecule has 1 heterocycles. The van der Waals surface area contributed by atoms with Gasteiger partial charge in [0.2, 0.25) is 0 Å². The van der Waals surface area contributed by atoms with Crippen molar-refractivity contribution in [1.82, 2.24) is 0 Å². The minimum atomic E-state index is -0.898. The van der Waals surface area contributed by atoms with E-state index in [0.29, 0.717) is 5.56 Å². The van der Waals surface area contributed by atoms with Gasteiger partial charge in [-0.2, -0.15) is 0 Å². The van der Waals surface area contributed by atoms with E-state index in [9.17, 15) is 9.90 Å². The zero-order valence-corrected chi connectivity index (χ0v) is 19.1. The number of hydrogen-bond acceptors (Lipinski definition) is 2. The molecule has 33 heavy (non-hydrogen) atoms. The SMILES string of the molecule is Cc1cc(/C=C/c2ccc3c(c2)C(c2cc4ccccc4o2)=CCC3(C)C)ccc1C(=O)O. The summed E-state index contributed by atoms with van der Waals surface area (Å²) in [6, 6.07) is 22.2. The Bertz CT molecular complexity index is 1410. The predicted octanol–water partition coefficient (Wildman–Crippen LogP) is 7.72. The molecule has 0 bridgehead atoms. The third-order valence-electron chi connectivity index (χ3n) is 6.52. The number of aromatic carboxylic acids is 1. The molecule has 0 saturated heterocycles. The Labute approximate surface area is 193 Å². The van der Waals surface area contributed by atoms with Crippen LogP contribution in [0.5, 0.6) is 0 Å². The van der Waals surface area contributed by atoms with Crippen LogP contribution in [0.25, 0.3) is 28.7 Å². The van der Waals surface area contributed by atoms with E-state index in [-0.39, 0.29) is 5.41 Å². The molecule has 3 aromatic carbocycles. The van der Waals surface area contributed by atoms with Gasteiger partial charge in [0.25, 0.3) is 0 Å². The zero-order valence-electron chi connectivity index (χ0n) is 19.1. The third kappa shape index (κ3) is 3.91. The monoisotopic (exact) mass is 434 g/mol. The summed E-state index contributed by atoms with van der Waals surface area (Å²) in [5.41, 5.74) is 7.77. The highest BCUT2D eigenvalue weighted by Gasteiger charge is 2.29. The minimum Gasteiger partial charge on any atom is -0.478 e. The Morgan fingerprint density at radius 2 is 1.70 bits per heavy atom. The van der Waals surface area contributed by atoms with Gasteiger partial charge in [-0.1, -0.05) is 74.5 Å². The molecular weight excluding hydrogens is 408 g/mol. The van der Waals surface area contributed by atoms with Gasteiger partial charge < -0.3 is 9.52 Å². The quantitative estimate of drug-likeness (QED) is 0.334. The van der Waals surface area contributed by atoms with Crippen LogP contribution in [0.4, 0.5) is 0 Å². The second-order valence-electron chi connectivity index (χ2n) is 9.37. The molecule has 0 radical (unpaired) electrons. The van der Waals surface area contributed by atoms with Gasteiger partial charge in [0.15, 0.2) is 0 Å². The maximum Gasteiger partial charge on any atom is 0.335 e. The number of carboxylic acids is 1. The van der Waals surface area contributed by atoms with Gasteiger partial charge >= 0.3 is 5.97 Å². The van der Waals surface area contributed by atoms with E-state index in [1.54, 1.807) is 6.07 Å². The highest BCUT2D eigenvalue weighted by Crippen LogP contribution is 2.42. The van der Waals surface area contributed by atoms with E-state index < -0.39 is 5.97 Å². The smallest absolute Gasteiger partial charge is 0.335 e. The highest BCUT2D eigenvalue weighted by atomic mass is 16.4. The van der Waals surface area contributed by atoms with Crippen molar-refractivity contribution in [3.8, 4) is 0 Å². The molecule has 1 aliphatic carbocycles. The topological polar surface area (TPSA) is 50.4 Å². The van der Waals surface area contributed by atoms with Crippen molar-refractivity contribution in [2.75, 3.05) is 0 Å². The molecule has 0 fully saturated rings. The molecule has 4 aromatic rings. The second kappa shape index (κ2) is 7.93. The highest BCUT2D eigenvalue weighted by molar-refractivity contribution is 5.90. The first-order valence-electron chi connectivity index (χ1n) is 11.2. The molecule has 3 heteroatoms. The maximum absolute atomic E-state index is 11.3. The number of hydrogen-bond donors (Lipinski definition) is 1. The summed E-state index contributed by atoms with van der Waals surface area (Å²) >= 11 is 0. The van der Waals surface area contributed by atoms with Crippen molar-refractivity contribution in [3.63, 3.8) is 0 Å². The van der Waals surface area contributed by atoms with Gasteiger partial charge in [-0.15, -0.1) is 0 Å². The summed E-state index contributed by atoms with van der Waals surface area (Å²) in [5, 5.41) is 10.4. The summed E-state index contributed by atoms with van der Waals surface area (Å²) in [4.78, 5) is 11.3. The fraction of sp³-hybridized carbons (Fsp3) is 0.167. The van der Waals surface area contributed by atoms with Crippen LogP contribution < -0.4 is 0 Å². The van der Waals surface area contributed by atoms with E-state index in [0.717, 1.165) is 45.4 Å². The summed E-state index contributed by atoms with van der Waals surface area (Å²) in [7, 11) is 0. The molecule has 3 nitrogen and oxygen atoms in total. The number of rotatable bonds is 4. The molecule has 1 aromatic heterocycles. The molecule has 164 valence electrons. The van der Waals surface area contributed by atoms with Crippen molar-refractivity contribution in [1.29, 1.82) is 0 Å². The van der Waals surface area contributed by atoms with E-state index in [2.05, 4.69) is 56.3 Å². The van der Waals surface area contributed by atoms with Crippen LogP contribution in [0.3, 0.4) is 0 Å². The molecule has 1 aliphatic rings. The Balaban J connectivity index is 1.53. The number of furan rings is 1. The van der Waals surface area contributed by atoms with Crippen LogP contribution in [-0.4, -0.2) is 11.1 Å². The average Bonchev–Trinajstić information content (AvgIpc) is 3.21. The molecule has 0 atom stereocenters. The molecule has 0 amide bonds. The number of benzene rings is 3. The lowest BCUT2D eigenvalue weighted by Crippen LogP contribution is -2.21. The van der Waals surface area contributed by atoms with Crippen LogP contribution in [0.1, 0.15) is 64.2 Å². The van der Waals surface area contributed by atoms with E-state index in [1.807, 2.05) is 43.3 Å². The van der Waals surface area contributed by atoms with Crippen LogP contribution in [0, 0.1) is 6.92 Å². The van der Waals surface area contributed by atoms with E-state index in [1.165, 1.54) is 11.1 Å². The number of para-hydroxylation sites is 1. The third-order valence-corrected chi connectivity index (χ3v) is 6.52. The first kappa shape index (κ1) is 21.0. The fourth-order valence-electron chi connectivity index (χ4n) is 4.63. The fourth-order valence-corrected chi connectivity index (χ4v) is 4.63. The number of carbonyl (C=O) groups is 1. The van der Waals surface area contributed by atoms with Gasteiger partial charge in [-0.3, -0.25) is 0 Å². The van der Waals surface area contributed by atoms with Crippen LogP contribution in [0.15, 0.2) is 77.2 Å². The second-order valence-corrected chi connectivity index (χ2v) is 9.37. The Kier molecular flexibility index (Phi) is 5.05. The molecule has 5 rings (SSSR count). The molecular formula is C30H26O3. The molecule has 0 unspecified atom stereocenters. The van der Waals surface area contributed by atoms with Gasteiger partial charge in [0, 0.05) is 11.0 Å². The Hall–Kier alpha value is -3.85. The molecule has 0 saturated carbocycles.